The Kier molecular flexibility index (Phi) is 15.3. The zero-order valence-electron chi connectivity index (χ0n) is 32.1. The lowest BCUT2D eigenvalue weighted by Crippen LogP contribution is -2.43. The van der Waals surface area contributed by atoms with E-state index in [-0.39, 0.29) is 0 Å². The van der Waals surface area contributed by atoms with Crippen LogP contribution in [0.3, 0.4) is 0 Å². The Labute approximate surface area is 324 Å². The maximum atomic E-state index is 3.82. The van der Waals surface area contributed by atoms with E-state index in [2.05, 4.69) is 216 Å². The number of hydrogen-bond donors (Lipinski definition) is 0. The molecule has 0 saturated carbocycles. The molecule has 0 heterocycles. The van der Waals surface area contributed by atoms with Crippen molar-refractivity contribution in [3.63, 3.8) is 0 Å². The molecule has 0 N–H and O–H groups in total. The van der Waals surface area contributed by atoms with Gasteiger partial charge in [0.25, 0.3) is 0 Å². The average molecular weight is 823 g/mol. The number of benzene rings is 3. The van der Waals surface area contributed by atoms with Crippen molar-refractivity contribution in [1.82, 2.24) is 0 Å². The average Bonchev–Trinajstić information content (AvgIpc) is 3.03. The molecule has 0 aliphatic rings. The fraction of sp³-hybridized carbons (Fsp3) is 0.391. The van der Waals surface area contributed by atoms with Crippen LogP contribution in [0, 0.1) is 46.6 Å². The lowest BCUT2D eigenvalue weighted by atomic mass is 10.0. The fourth-order valence-corrected chi connectivity index (χ4v) is 18.7. The molecule has 0 amide bonds. The third-order valence-electron chi connectivity index (χ3n) is 10.4. The standard InChI is InChI=1S/C46H54Br2Si2/c1-33(2)49(34(3)4,35(5)6)29-27-41-17-13-39(14-18-41)21-22-43-24-26-44(45(31-43)32-46(47)48)25-23-40-15-19-42(20-16-40)28-30-50(36(7)8,37(9)10)38(11)12/h13-20,24,26,31-38H,1-12H3. The topological polar surface area (TPSA) is 0 Å². The van der Waals surface area contributed by atoms with Crippen LogP contribution in [0.4, 0.5) is 0 Å². The summed E-state index contributed by atoms with van der Waals surface area (Å²) in [5, 5.41) is 0. The maximum Gasteiger partial charge on any atom is 0.146 e. The second-order valence-electron chi connectivity index (χ2n) is 15.2. The molecule has 3 rings (SSSR count). The van der Waals surface area contributed by atoms with Crippen molar-refractivity contribution in [1.29, 1.82) is 0 Å². The first kappa shape index (κ1) is 41.5. The van der Waals surface area contributed by atoms with Gasteiger partial charge in [-0.25, -0.2) is 0 Å². The highest BCUT2D eigenvalue weighted by Gasteiger charge is 2.42. The van der Waals surface area contributed by atoms with Gasteiger partial charge in [-0.15, -0.1) is 11.1 Å². The maximum absolute atomic E-state index is 3.82. The Morgan fingerprint density at radius 2 is 0.740 bits per heavy atom. The summed E-state index contributed by atoms with van der Waals surface area (Å²) >= 11 is 7.07. The molecule has 0 aromatic heterocycles. The molecule has 3 aromatic rings. The molecule has 3 aromatic carbocycles. The van der Waals surface area contributed by atoms with Crippen LogP contribution in [0.2, 0.25) is 33.2 Å². The van der Waals surface area contributed by atoms with Crippen LogP contribution in [0.1, 0.15) is 122 Å². The summed E-state index contributed by atoms with van der Waals surface area (Å²) < 4.78 is 0.848. The molecule has 0 fully saturated rings. The first-order chi connectivity index (χ1) is 23.5. The molecule has 0 unspecified atom stereocenters. The van der Waals surface area contributed by atoms with Gasteiger partial charge in [0, 0.05) is 33.4 Å². The summed E-state index contributed by atoms with van der Waals surface area (Å²) in [5.74, 6) is 20.5. The van der Waals surface area contributed by atoms with Crippen molar-refractivity contribution in [2.45, 2.75) is 116 Å². The van der Waals surface area contributed by atoms with E-state index in [0.29, 0.717) is 33.2 Å². The van der Waals surface area contributed by atoms with Crippen LogP contribution in [0.5, 0.6) is 0 Å². The largest absolute Gasteiger partial charge is 0.146 e. The van der Waals surface area contributed by atoms with Gasteiger partial charge in [-0.05, 0) is 143 Å². The molecule has 4 heteroatoms. The number of rotatable bonds is 7. The minimum atomic E-state index is -1.77. The van der Waals surface area contributed by atoms with Gasteiger partial charge in [-0.1, -0.05) is 119 Å². The van der Waals surface area contributed by atoms with Gasteiger partial charge >= 0.3 is 0 Å². The lowest BCUT2D eigenvalue weighted by molar-refractivity contribution is 0.838. The zero-order chi connectivity index (χ0) is 37.2. The van der Waals surface area contributed by atoms with Gasteiger partial charge in [0.05, 0.1) is 3.39 Å². The molecular weight excluding hydrogens is 768 g/mol. The summed E-state index contributed by atoms with van der Waals surface area (Å²) in [6.07, 6.45) is 2.02. The van der Waals surface area contributed by atoms with Crippen LogP contribution < -0.4 is 0 Å². The molecule has 0 saturated heterocycles. The lowest BCUT2D eigenvalue weighted by Gasteiger charge is -2.38. The van der Waals surface area contributed by atoms with Gasteiger partial charge < -0.3 is 0 Å². The summed E-state index contributed by atoms with van der Waals surface area (Å²) in [7, 11) is -3.54. The summed E-state index contributed by atoms with van der Waals surface area (Å²) in [6.45, 7) is 28.2. The van der Waals surface area contributed by atoms with Crippen molar-refractivity contribution >= 4 is 54.1 Å². The van der Waals surface area contributed by atoms with Crippen LogP contribution in [0.15, 0.2) is 70.1 Å². The summed E-state index contributed by atoms with van der Waals surface area (Å²) in [6, 6.07) is 22.9. The van der Waals surface area contributed by atoms with Gasteiger partial charge in [0.2, 0.25) is 0 Å². The second-order valence-corrected chi connectivity index (χ2v) is 29.1. The van der Waals surface area contributed by atoms with Gasteiger partial charge in [-0.2, -0.15) is 0 Å². The van der Waals surface area contributed by atoms with Crippen LogP contribution in [-0.2, 0) is 0 Å². The fourth-order valence-electron chi connectivity index (χ4n) is 7.78. The molecule has 0 bridgehead atoms. The zero-order valence-corrected chi connectivity index (χ0v) is 37.3. The van der Waals surface area contributed by atoms with E-state index in [1.54, 1.807) is 0 Å². The molecule has 0 aliphatic carbocycles. The Bertz CT molecular complexity index is 1850. The van der Waals surface area contributed by atoms with Crippen molar-refractivity contribution in [3.05, 3.63) is 109 Å². The van der Waals surface area contributed by atoms with Gasteiger partial charge in [-0.3, -0.25) is 0 Å². The van der Waals surface area contributed by atoms with Crippen molar-refractivity contribution in [2.24, 2.45) is 0 Å². The molecule has 0 radical (unpaired) electrons. The molecule has 0 spiro atoms. The van der Waals surface area contributed by atoms with Gasteiger partial charge in [0.1, 0.15) is 16.1 Å². The molecule has 0 nitrogen and oxygen atoms in total. The van der Waals surface area contributed by atoms with E-state index in [0.717, 1.165) is 42.3 Å². The normalized spacial score (nSPS) is 11.4. The Morgan fingerprint density at radius 3 is 1.08 bits per heavy atom. The first-order valence-electron chi connectivity index (χ1n) is 18.0. The van der Waals surface area contributed by atoms with E-state index >= 15 is 0 Å². The summed E-state index contributed by atoms with van der Waals surface area (Å²) in [5.41, 5.74) is 18.2. The minimum Gasteiger partial charge on any atom is -0.125 e. The van der Waals surface area contributed by atoms with Crippen molar-refractivity contribution < 1.29 is 0 Å². The highest BCUT2D eigenvalue weighted by Crippen LogP contribution is 2.41. The first-order valence-corrected chi connectivity index (χ1v) is 24.0. The van der Waals surface area contributed by atoms with E-state index < -0.39 is 16.1 Å². The Morgan fingerprint density at radius 1 is 0.440 bits per heavy atom. The predicted molar refractivity (Wildman–Crippen MR) is 233 cm³/mol. The molecule has 50 heavy (non-hydrogen) atoms. The quantitative estimate of drug-likeness (QED) is 0.164. The smallest absolute Gasteiger partial charge is 0.125 e. The van der Waals surface area contributed by atoms with Crippen LogP contribution in [0.25, 0.3) is 6.08 Å². The predicted octanol–water partition coefficient (Wildman–Crippen LogP) is 13.7. The van der Waals surface area contributed by atoms with E-state index in [4.69, 9.17) is 0 Å². The van der Waals surface area contributed by atoms with Crippen LogP contribution >= 0.6 is 31.9 Å². The van der Waals surface area contributed by atoms with Gasteiger partial charge in [0.15, 0.2) is 0 Å². The number of halogens is 2. The SMILES string of the molecule is CC(C)[Si](C#Cc1ccc(C#Cc2ccc(C#Cc3ccc(C#C[Si](C(C)C)(C(C)C)C(C)C)cc3)c(C=C(Br)Br)c2)cc1)(C(C)C)C(C)C. The highest BCUT2D eigenvalue weighted by atomic mass is 79.9. The van der Waals surface area contributed by atoms with E-state index in [9.17, 15) is 0 Å². The minimum absolute atomic E-state index is 0.614. The van der Waals surface area contributed by atoms with Crippen LogP contribution in [-0.4, -0.2) is 16.1 Å². The second kappa shape index (κ2) is 18.5. The van der Waals surface area contributed by atoms with E-state index in [1.807, 2.05) is 18.2 Å². The molecule has 0 atom stereocenters. The third-order valence-corrected chi connectivity index (χ3v) is 23.4. The molecule has 260 valence electrons. The summed E-state index contributed by atoms with van der Waals surface area (Å²) in [4.78, 5) is 0. The van der Waals surface area contributed by atoms with E-state index in [1.165, 1.54) is 0 Å². The highest BCUT2D eigenvalue weighted by molar-refractivity contribution is 9.28. The molecule has 0 aliphatic heterocycles. The number of hydrogen-bond acceptors (Lipinski definition) is 0. The third kappa shape index (κ3) is 10.3. The molecular formula is C46H54Br2Si2. The Hall–Kier alpha value is -2.97. The van der Waals surface area contributed by atoms with Crippen molar-refractivity contribution in [3.8, 4) is 46.6 Å². The Balaban J connectivity index is 1.85. The van der Waals surface area contributed by atoms with Crippen molar-refractivity contribution in [2.75, 3.05) is 0 Å². The monoisotopic (exact) mass is 820 g/mol.